The molecule has 0 aliphatic rings. The van der Waals surface area contributed by atoms with E-state index < -0.39 is 22.7 Å². The number of ether oxygens (including phenoxy) is 1. The number of aliphatic hydroxyl groups excluding tert-OH is 1. The lowest BCUT2D eigenvalue weighted by atomic mass is 10.1. The van der Waals surface area contributed by atoms with Crippen LogP contribution >= 0.6 is 0 Å². The summed E-state index contributed by atoms with van der Waals surface area (Å²) in [6.45, 7) is 0.161. The van der Waals surface area contributed by atoms with Crippen LogP contribution in [0.25, 0.3) is 0 Å². The Kier molecular flexibility index (Phi) is 5.42. The zero-order valence-corrected chi connectivity index (χ0v) is 11.1. The summed E-state index contributed by atoms with van der Waals surface area (Å²) < 4.78 is 4.78. The van der Waals surface area contributed by atoms with Gasteiger partial charge in [-0.1, -0.05) is 6.07 Å². The number of nitro benzene ring substituents is 1. The van der Waals surface area contributed by atoms with Gasteiger partial charge >= 0.3 is 11.7 Å². The molecule has 20 heavy (non-hydrogen) atoms. The minimum atomic E-state index is -1.37. The fraction of sp³-hybridized carbons (Fsp3) is 0.417. The number of benzene rings is 1. The topological polar surface area (TPSA) is 113 Å². The predicted octanol–water partition coefficient (Wildman–Crippen LogP) is 0.737. The lowest BCUT2D eigenvalue weighted by Gasteiger charge is -2.22. The second-order valence-corrected chi connectivity index (χ2v) is 4.23. The molecule has 1 aromatic carbocycles. The average molecular weight is 284 g/mol. The highest BCUT2D eigenvalue weighted by Crippen LogP contribution is 2.31. The van der Waals surface area contributed by atoms with Gasteiger partial charge in [0, 0.05) is 20.7 Å². The van der Waals surface area contributed by atoms with Crippen molar-refractivity contribution >= 4 is 17.3 Å². The molecule has 0 aliphatic heterocycles. The maximum absolute atomic E-state index is 11.1. The number of para-hydroxylation sites is 1. The van der Waals surface area contributed by atoms with E-state index in [1.165, 1.54) is 37.3 Å². The van der Waals surface area contributed by atoms with E-state index in [-0.39, 0.29) is 24.4 Å². The highest BCUT2D eigenvalue weighted by Gasteiger charge is 2.26. The van der Waals surface area contributed by atoms with Crippen LogP contribution in [0.4, 0.5) is 11.4 Å². The van der Waals surface area contributed by atoms with Crippen LogP contribution in [0, 0.1) is 10.1 Å². The molecular formula is C12H16N2O6. The first kappa shape index (κ1) is 15.9. The van der Waals surface area contributed by atoms with E-state index in [1.54, 1.807) is 0 Å². The first-order valence-electron chi connectivity index (χ1n) is 5.77. The van der Waals surface area contributed by atoms with Crippen LogP contribution < -0.4 is 4.90 Å². The summed E-state index contributed by atoms with van der Waals surface area (Å²) in [5, 5.41) is 29.7. The molecule has 0 amide bonds. The van der Waals surface area contributed by atoms with Crippen LogP contribution in [0.3, 0.4) is 0 Å². The van der Waals surface area contributed by atoms with Gasteiger partial charge in [-0.3, -0.25) is 10.1 Å². The van der Waals surface area contributed by atoms with Crippen LogP contribution in [-0.4, -0.2) is 54.5 Å². The second-order valence-electron chi connectivity index (χ2n) is 4.23. The zero-order valence-electron chi connectivity index (χ0n) is 11.1. The number of aromatic carboxylic acids is 1. The first-order valence-corrected chi connectivity index (χ1v) is 5.77. The zero-order chi connectivity index (χ0) is 15.3. The van der Waals surface area contributed by atoms with E-state index in [2.05, 4.69) is 0 Å². The van der Waals surface area contributed by atoms with Crippen molar-refractivity contribution in [1.29, 1.82) is 0 Å². The van der Waals surface area contributed by atoms with Gasteiger partial charge in [-0.05, 0) is 12.1 Å². The molecule has 1 aromatic rings. The van der Waals surface area contributed by atoms with Gasteiger partial charge in [0.15, 0.2) is 0 Å². The Morgan fingerprint density at radius 1 is 1.55 bits per heavy atom. The monoisotopic (exact) mass is 284 g/mol. The third-order valence-corrected chi connectivity index (χ3v) is 2.68. The summed E-state index contributed by atoms with van der Waals surface area (Å²) in [6, 6.07) is 4.03. The molecule has 8 heteroatoms. The molecule has 0 heterocycles. The number of hydrogen-bond acceptors (Lipinski definition) is 6. The number of anilines is 1. The Labute approximate surface area is 115 Å². The Morgan fingerprint density at radius 3 is 2.70 bits per heavy atom. The summed E-state index contributed by atoms with van der Waals surface area (Å²) in [7, 11) is 2.96. The highest BCUT2D eigenvalue weighted by molar-refractivity contribution is 5.95. The van der Waals surface area contributed by atoms with Crippen LogP contribution in [0.1, 0.15) is 10.4 Å². The van der Waals surface area contributed by atoms with Gasteiger partial charge in [0.25, 0.3) is 0 Å². The summed E-state index contributed by atoms with van der Waals surface area (Å²) in [5.41, 5.74) is -0.752. The Bertz CT molecular complexity index is 505. The third kappa shape index (κ3) is 3.65. The Morgan fingerprint density at radius 2 is 2.20 bits per heavy atom. The van der Waals surface area contributed by atoms with Crippen molar-refractivity contribution in [3.05, 3.63) is 33.9 Å². The van der Waals surface area contributed by atoms with Crippen molar-refractivity contribution in [2.24, 2.45) is 0 Å². The van der Waals surface area contributed by atoms with Crippen molar-refractivity contribution in [2.45, 2.75) is 6.10 Å². The molecule has 1 atom stereocenters. The number of carboxylic acids is 1. The lowest BCUT2D eigenvalue weighted by Crippen LogP contribution is -2.32. The van der Waals surface area contributed by atoms with Gasteiger partial charge in [0.2, 0.25) is 0 Å². The summed E-state index contributed by atoms with van der Waals surface area (Å²) >= 11 is 0. The van der Waals surface area contributed by atoms with Gasteiger partial charge in [0.05, 0.1) is 17.6 Å². The van der Waals surface area contributed by atoms with Crippen molar-refractivity contribution in [2.75, 3.05) is 32.2 Å². The molecule has 0 aliphatic carbocycles. The fourth-order valence-corrected chi connectivity index (χ4v) is 1.86. The largest absolute Gasteiger partial charge is 0.477 e. The molecule has 110 valence electrons. The van der Waals surface area contributed by atoms with E-state index in [0.717, 1.165) is 0 Å². The Balaban J connectivity index is 3.14. The van der Waals surface area contributed by atoms with E-state index in [0.29, 0.717) is 0 Å². The van der Waals surface area contributed by atoms with Crippen molar-refractivity contribution < 1.29 is 24.7 Å². The van der Waals surface area contributed by atoms with Gasteiger partial charge < -0.3 is 19.8 Å². The van der Waals surface area contributed by atoms with Crippen LogP contribution in [-0.2, 0) is 4.74 Å². The maximum Gasteiger partial charge on any atom is 0.342 e. The molecule has 2 N–H and O–H groups in total. The predicted molar refractivity (Wildman–Crippen MR) is 71.2 cm³/mol. The van der Waals surface area contributed by atoms with Gasteiger partial charge in [-0.2, -0.15) is 0 Å². The number of aliphatic hydroxyl groups is 1. The number of methoxy groups -OCH3 is 1. The Hall–Kier alpha value is -2.19. The molecule has 0 spiro atoms. The van der Waals surface area contributed by atoms with Crippen LogP contribution in [0.5, 0.6) is 0 Å². The average Bonchev–Trinajstić information content (AvgIpc) is 2.37. The molecule has 0 saturated carbocycles. The van der Waals surface area contributed by atoms with Crippen LogP contribution in [0.2, 0.25) is 0 Å². The van der Waals surface area contributed by atoms with Gasteiger partial charge in [-0.25, -0.2) is 4.79 Å². The standard InChI is InChI=1S/C12H16N2O6/c1-13(6-8(15)7-20-2)10-5-3-4-9(12(16)17)11(10)14(18)19/h3-5,8,15H,6-7H2,1-2H3,(H,16,17). The number of carboxylic acid groups (broad SMARTS) is 1. The molecule has 0 aromatic heterocycles. The number of nitrogens with zero attached hydrogens (tertiary/aromatic N) is 2. The SMILES string of the molecule is COCC(O)CN(C)c1cccc(C(=O)O)c1[N+](=O)[O-]. The second kappa shape index (κ2) is 6.83. The maximum atomic E-state index is 11.1. The number of carbonyl (C=O) groups is 1. The summed E-state index contributed by atoms with van der Waals surface area (Å²) in [6.07, 6.45) is -0.835. The normalized spacial score (nSPS) is 11.9. The quantitative estimate of drug-likeness (QED) is 0.560. The molecular weight excluding hydrogens is 268 g/mol. The van der Waals surface area contributed by atoms with Crippen molar-refractivity contribution in [3.63, 3.8) is 0 Å². The molecule has 8 nitrogen and oxygen atoms in total. The highest BCUT2D eigenvalue weighted by atomic mass is 16.6. The fourth-order valence-electron chi connectivity index (χ4n) is 1.86. The molecule has 1 unspecified atom stereocenters. The van der Waals surface area contributed by atoms with Gasteiger partial charge in [0.1, 0.15) is 11.3 Å². The number of rotatable bonds is 7. The molecule has 1 rings (SSSR count). The third-order valence-electron chi connectivity index (χ3n) is 2.68. The minimum absolute atomic E-state index is 0.0801. The van der Waals surface area contributed by atoms with Crippen molar-refractivity contribution in [3.8, 4) is 0 Å². The van der Waals surface area contributed by atoms with E-state index >= 15 is 0 Å². The first-order chi connectivity index (χ1) is 9.38. The number of nitro groups is 1. The van der Waals surface area contributed by atoms with E-state index in [4.69, 9.17) is 9.84 Å². The molecule has 0 bridgehead atoms. The van der Waals surface area contributed by atoms with E-state index in [1.807, 2.05) is 0 Å². The lowest BCUT2D eigenvalue weighted by molar-refractivity contribution is -0.384. The van der Waals surface area contributed by atoms with Gasteiger partial charge in [-0.15, -0.1) is 0 Å². The number of hydrogen-bond donors (Lipinski definition) is 2. The summed E-state index contributed by atoms with van der Waals surface area (Å²) in [4.78, 5) is 22.8. The van der Waals surface area contributed by atoms with Crippen LogP contribution in [0.15, 0.2) is 18.2 Å². The molecule has 0 fully saturated rings. The number of likely N-dealkylation sites (N-methyl/N-ethyl adjacent to an activating group) is 1. The summed E-state index contributed by atoms with van der Waals surface area (Å²) in [5.74, 6) is -1.37. The molecule has 0 radical (unpaired) electrons. The van der Waals surface area contributed by atoms with E-state index in [9.17, 15) is 20.0 Å². The molecule has 0 saturated heterocycles. The van der Waals surface area contributed by atoms with Crippen molar-refractivity contribution in [1.82, 2.24) is 0 Å². The smallest absolute Gasteiger partial charge is 0.342 e. The minimum Gasteiger partial charge on any atom is -0.477 e.